The van der Waals surface area contributed by atoms with E-state index in [-0.39, 0.29) is 36.0 Å². The minimum Gasteiger partial charge on any atom is -0.484 e. The number of ether oxygens (including phenoxy) is 2. The third-order valence-electron chi connectivity index (χ3n) is 6.15. The number of halogens is 1. The Balaban J connectivity index is 1.76. The molecule has 210 valence electrons. The molecule has 2 N–H and O–H groups in total. The molecule has 0 aliphatic carbocycles. The first-order chi connectivity index (χ1) is 17.8. The summed E-state index contributed by atoms with van der Waals surface area (Å²) in [6, 6.07) is 10.8. The average Bonchev–Trinajstić information content (AvgIpc) is 2.83. The maximum absolute atomic E-state index is 14.5. The number of amides is 1. The Hall–Kier alpha value is -2.73. The number of aliphatic hydroxyl groups excluding tert-OH is 1. The number of hydrogen-bond donors (Lipinski definition) is 2. The summed E-state index contributed by atoms with van der Waals surface area (Å²) < 4.78 is 53.2. The van der Waals surface area contributed by atoms with Crippen molar-refractivity contribution in [1.29, 1.82) is 0 Å². The van der Waals surface area contributed by atoms with Gasteiger partial charge in [0, 0.05) is 38.8 Å². The number of hydrogen-bond acceptors (Lipinski definition) is 7. The first-order valence-corrected chi connectivity index (χ1v) is 14.1. The summed E-state index contributed by atoms with van der Waals surface area (Å²) in [5.74, 6) is 0.0909. The van der Waals surface area contributed by atoms with Crippen LogP contribution in [0.2, 0.25) is 0 Å². The van der Waals surface area contributed by atoms with Gasteiger partial charge in [0.1, 0.15) is 23.3 Å². The maximum Gasteiger partial charge on any atom is 0.410 e. The van der Waals surface area contributed by atoms with E-state index in [0.717, 1.165) is 0 Å². The SMILES string of the molecule is Cc1ccc([C@H](CN2CCN(C(=O)OC(C)(C)C)[C@H](C)C2)Oc2ccc(S(=O)(=O)NCCO)cc2)cc1F. The van der Waals surface area contributed by atoms with Crippen LogP contribution in [0.1, 0.15) is 44.9 Å². The topological polar surface area (TPSA) is 108 Å². The number of benzene rings is 2. The third kappa shape index (κ3) is 8.13. The monoisotopic (exact) mass is 551 g/mol. The van der Waals surface area contributed by atoms with Crippen LogP contribution in [-0.2, 0) is 14.8 Å². The van der Waals surface area contributed by atoms with E-state index in [0.29, 0.717) is 43.1 Å². The largest absolute Gasteiger partial charge is 0.484 e. The van der Waals surface area contributed by atoms with E-state index in [9.17, 15) is 17.6 Å². The summed E-state index contributed by atoms with van der Waals surface area (Å²) in [7, 11) is -3.75. The van der Waals surface area contributed by atoms with Gasteiger partial charge in [-0.25, -0.2) is 22.3 Å². The van der Waals surface area contributed by atoms with E-state index in [4.69, 9.17) is 14.6 Å². The molecule has 1 heterocycles. The summed E-state index contributed by atoms with van der Waals surface area (Å²) in [5, 5.41) is 8.90. The van der Waals surface area contributed by atoms with Crippen LogP contribution in [0.25, 0.3) is 0 Å². The molecule has 0 unspecified atom stereocenters. The van der Waals surface area contributed by atoms with Gasteiger partial charge in [-0.3, -0.25) is 4.90 Å². The number of carbonyl (C=O) groups excluding carboxylic acids is 1. The standard InChI is InChI=1S/C27H38FN3O6S/c1-19-6-7-21(16-24(19)28)25(36-22-8-10-23(11-9-22)38(34,35)29-12-15-32)18-30-13-14-31(20(2)17-30)26(33)37-27(3,4)5/h6-11,16,20,25,29,32H,12-15,17-18H2,1-5H3/t20-,25+/m1/s1. The molecule has 0 radical (unpaired) electrons. The van der Waals surface area contributed by atoms with Crippen molar-refractivity contribution in [2.45, 2.75) is 57.3 Å². The van der Waals surface area contributed by atoms with E-state index in [2.05, 4.69) is 9.62 Å². The molecule has 1 fully saturated rings. The number of piperazine rings is 1. The van der Waals surface area contributed by atoms with Crippen LogP contribution in [0, 0.1) is 12.7 Å². The lowest BCUT2D eigenvalue weighted by molar-refractivity contribution is -0.00299. The fourth-order valence-corrected chi connectivity index (χ4v) is 5.19. The number of aliphatic hydroxyl groups is 1. The number of aryl methyl sites for hydroxylation is 1. The highest BCUT2D eigenvalue weighted by atomic mass is 32.2. The van der Waals surface area contributed by atoms with Crippen LogP contribution in [0.4, 0.5) is 9.18 Å². The fourth-order valence-electron chi connectivity index (χ4n) is 4.17. The zero-order valence-corrected chi connectivity index (χ0v) is 23.4. The number of rotatable bonds is 9. The Bertz CT molecular complexity index is 1200. The maximum atomic E-state index is 14.5. The van der Waals surface area contributed by atoms with Gasteiger partial charge in [-0.05, 0) is 76.1 Å². The predicted octanol–water partition coefficient (Wildman–Crippen LogP) is 3.47. The highest BCUT2D eigenvalue weighted by molar-refractivity contribution is 7.89. The minimum atomic E-state index is -3.75. The van der Waals surface area contributed by atoms with Crippen LogP contribution < -0.4 is 9.46 Å². The molecule has 1 amide bonds. The summed E-state index contributed by atoms with van der Waals surface area (Å²) >= 11 is 0. The van der Waals surface area contributed by atoms with Crippen LogP contribution in [0.15, 0.2) is 47.4 Å². The molecule has 2 atom stereocenters. The first kappa shape index (κ1) is 29.8. The molecular formula is C27H38FN3O6S. The van der Waals surface area contributed by atoms with Gasteiger partial charge in [0.05, 0.1) is 11.5 Å². The molecular weight excluding hydrogens is 513 g/mol. The van der Waals surface area contributed by atoms with Gasteiger partial charge in [-0.2, -0.15) is 0 Å². The van der Waals surface area contributed by atoms with E-state index >= 15 is 0 Å². The first-order valence-electron chi connectivity index (χ1n) is 12.6. The zero-order chi connectivity index (χ0) is 28.1. The normalized spacial score (nSPS) is 17.8. The van der Waals surface area contributed by atoms with Gasteiger partial charge in [0.25, 0.3) is 0 Å². The quantitative estimate of drug-likeness (QED) is 0.491. The summed E-state index contributed by atoms with van der Waals surface area (Å²) in [5.41, 5.74) is 0.597. The van der Waals surface area contributed by atoms with Gasteiger partial charge in [0.2, 0.25) is 10.0 Å². The second-order valence-corrected chi connectivity index (χ2v) is 12.3. The molecule has 9 nitrogen and oxygen atoms in total. The molecule has 0 spiro atoms. The summed E-state index contributed by atoms with van der Waals surface area (Å²) in [4.78, 5) is 16.5. The van der Waals surface area contributed by atoms with Gasteiger partial charge < -0.3 is 19.5 Å². The van der Waals surface area contributed by atoms with E-state index in [1.54, 1.807) is 30.0 Å². The number of nitrogens with zero attached hydrogens (tertiary/aromatic N) is 2. The van der Waals surface area contributed by atoms with Crippen molar-refractivity contribution < 1.29 is 32.2 Å². The van der Waals surface area contributed by atoms with E-state index < -0.39 is 21.7 Å². The van der Waals surface area contributed by atoms with Crippen molar-refractivity contribution in [3.8, 4) is 5.75 Å². The molecule has 1 aliphatic rings. The number of sulfonamides is 1. The van der Waals surface area contributed by atoms with Crippen LogP contribution in [0.5, 0.6) is 5.75 Å². The highest BCUT2D eigenvalue weighted by Gasteiger charge is 2.32. The van der Waals surface area contributed by atoms with Gasteiger partial charge in [-0.15, -0.1) is 0 Å². The van der Waals surface area contributed by atoms with Crippen LogP contribution >= 0.6 is 0 Å². The highest BCUT2D eigenvalue weighted by Crippen LogP contribution is 2.27. The molecule has 2 aromatic rings. The van der Waals surface area contributed by atoms with Crippen LogP contribution in [-0.4, -0.2) is 80.4 Å². The molecule has 0 aromatic heterocycles. The second-order valence-electron chi connectivity index (χ2n) is 10.5. The van der Waals surface area contributed by atoms with Crippen LogP contribution in [0.3, 0.4) is 0 Å². The van der Waals surface area contributed by atoms with Crippen molar-refractivity contribution >= 4 is 16.1 Å². The van der Waals surface area contributed by atoms with E-state index in [1.807, 2.05) is 33.8 Å². The molecule has 0 bridgehead atoms. The zero-order valence-electron chi connectivity index (χ0n) is 22.6. The second kappa shape index (κ2) is 12.4. The summed E-state index contributed by atoms with van der Waals surface area (Å²) in [6.07, 6.45) is -0.887. The predicted molar refractivity (Wildman–Crippen MR) is 142 cm³/mol. The van der Waals surface area contributed by atoms with Gasteiger partial charge in [-0.1, -0.05) is 12.1 Å². The molecule has 38 heavy (non-hydrogen) atoms. The van der Waals surface area contributed by atoms with Gasteiger partial charge in [0.15, 0.2) is 0 Å². The smallest absolute Gasteiger partial charge is 0.410 e. The molecule has 2 aromatic carbocycles. The molecule has 1 saturated heterocycles. The lowest BCUT2D eigenvalue weighted by Crippen LogP contribution is -2.55. The Morgan fingerprint density at radius 2 is 1.87 bits per heavy atom. The Morgan fingerprint density at radius 1 is 1.18 bits per heavy atom. The minimum absolute atomic E-state index is 0.0447. The molecule has 11 heteroatoms. The lowest BCUT2D eigenvalue weighted by atomic mass is 10.0. The summed E-state index contributed by atoms with van der Waals surface area (Å²) in [6.45, 7) is 10.9. The van der Waals surface area contributed by atoms with Crippen molar-refractivity contribution in [2.24, 2.45) is 0 Å². The molecule has 0 saturated carbocycles. The van der Waals surface area contributed by atoms with Gasteiger partial charge >= 0.3 is 6.09 Å². The van der Waals surface area contributed by atoms with Crippen molar-refractivity contribution in [2.75, 3.05) is 39.3 Å². The van der Waals surface area contributed by atoms with Crippen molar-refractivity contribution in [3.05, 3.63) is 59.4 Å². The number of carbonyl (C=O) groups is 1. The average molecular weight is 552 g/mol. The lowest BCUT2D eigenvalue weighted by Gasteiger charge is -2.41. The molecule has 1 aliphatic heterocycles. The number of nitrogens with one attached hydrogen (secondary N) is 1. The third-order valence-corrected chi connectivity index (χ3v) is 7.62. The van der Waals surface area contributed by atoms with Crippen molar-refractivity contribution in [3.63, 3.8) is 0 Å². The van der Waals surface area contributed by atoms with Crippen molar-refractivity contribution in [1.82, 2.24) is 14.5 Å². The Labute approximate surface area is 224 Å². The molecule has 3 rings (SSSR count). The Morgan fingerprint density at radius 3 is 2.45 bits per heavy atom. The Kier molecular flexibility index (Phi) is 9.74. The van der Waals surface area contributed by atoms with E-state index in [1.165, 1.54) is 18.2 Å². The fraction of sp³-hybridized carbons (Fsp3) is 0.519.